The largest absolute Gasteiger partial charge is 0.378 e. The van der Waals surface area contributed by atoms with Crippen molar-refractivity contribution >= 4 is 17.8 Å². The molecule has 0 bridgehead atoms. The van der Waals surface area contributed by atoms with E-state index in [4.69, 9.17) is 0 Å². The predicted molar refractivity (Wildman–Crippen MR) is 85.3 cm³/mol. The Hall–Kier alpha value is -2.28. The summed E-state index contributed by atoms with van der Waals surface area (Å²) in [6.45, 7) is 0. The monoisotopic (exact) mass is 249 g/mol. The number of hydrogen-bond donors (Lipinski definition) is 0. The normalized spacial score (nSPS) is 11.3. The molecule has 0 radical (unpaired) electrons. The van der Waals surface area contributed by atoms with Gasteiger partial charge in [0.15, 0.2) is 0 Å². The minimum atomic E-state index is 1.21. The fourth-order valence-electron chi connectivity index (χ4n) is 1.78. The molecule has 0 aromatic heterocycles. The molecule has 2 aromatic carbocycles. The summed E-state index contributed by atoms with van der Waals surface area (Å²) in [5, 5.41) is 0. The number of rotatable bonds is 4. The average molecular weight is 249 g/mol. The highest BCUT2D eigenvalue weighted by atomic mass is 15.1. The lowest BCUT2D eigenvalue weighted by atomic mass is 10.1. The molecule has 0 aliphatic rings. The second-order valence-corrected chi connectivity index (χ2v) is 4.61. The first-order valence-corrected chi connectivity index (χ1v) is 6.43. The van der Waals surface area contributed by atoms with Gasteiger partial charge in [0.2, 0.25) is 0 Å². The smallest absolute Gasteiger partial charge is 0.0361 e. The molecule has 2 aromatic rings. The third kappa shape index (κ3) is 4.14. The van der Waals surface area contributed by atoms with E-state index < -0.39 is 0 Å². The van der Waals surface area contributed by atoms with Gasteiger partial charge in [-0.15, -0.1) is 0 Å². The summed E-state index contributed by atoms with van der Waals surface area (Å²) in [6.07, 6.45) is 8.34. The van der Waals surface area contributed by atoms with E-state index in [1.807, 2.05) is 32.3 Å². The summed E-state index contributed by atoms with van der Waals surface area (Å²) >= 11 is 0. The molecule has 0 unspecified atom stereocenters. The molecule has 19 heavy (non-hydrogen) atoms. The lowest BCUT2D eigenvalue weighted by Gasteiger charge is -2.11. The zero-order valence-corrected chi connectivity index (χ0v) is 11.5. The Morgan fingerprint density at radius 2 is 1.21 bits per heavy atom. The van der Waals surface area contributed by atoms with Crippen LogP contribution in [-0.2, 0) is 0 Å². The molecule has 0 saturated carbocycles. The standard InChI is InChI=1S/C18H19N/c1-19(2)18-14-12-17(13-15-18)11-7-6-10-16-8-4-3-5-9-16/h3-15H,1-2H3/b10-6+,11-7+. The highest BCUT2D eigenvalue weighted by molar-refractivity contribution is 5.59. The highest BCUT2D eigenvalue weighted by Crippen LogP contribution is 2.13. The number of anilines is 1. The second-order valence-electron chi connectivity index (χ2n) is 4.61. The molecule has 0 spiro atoms. The molecular formula is C18H19N. The van der Waals surface area contributed by atoms with Crippen molar-refractivity contribution < 1.29 is 0 Å². The van der Waals surface area contributed by atoms with Crippen molar-refractivity contribution in [3.63, 3.8) is 0 Å². The zero-order chi connectivity index (χ0) is 13.5. The molecule has 0 fully saturated rings. The first-order chi connectivity index (χ1) is 9.25. The van der Waals surface area contributed by atoms with E-state index in [0.29, 0.717) is 0 Å². The Balaban J connectivity index is 1.97. The van der Waals surface area contributed by atoms with Crippen molar-refractivity contribution in [2.75, 3.05) is 19.0 Å². The van der Waals surface area contributed by atoms with Crippen molar-refractivity contribution in [1.29, 1.82) is 0 Å². The van der Waals surface area contributed by atoms with E-state index >= 15 is 0 Å². The molecule has 0 aliphatic heterocycles. The Bertz CT molecular complexity index is 548. The summed E-state index contributed by atoms with van der Waals surface area (Å²) in [4.78, 5) is 2.10. The van der Waals surface area contributed by atoms with Gasteiger partial charge < -0.3 is 4.90 Å². The number of allylic oxidation sites excluding steroid dienone is 2. The maximum atomic E-state index is 2.13. The molecule has 0 heterocycles. The summed E-state index contributed by atoms with van der Waals surface area (Å²) in [7, 11) is 4.10. The average Bonchev–Trinajstić information content (AvgIpc) is 2.45. The molecule has 0 amide bonds. The van der Waals surface area contributed by atoms with Crippen LogP contribution in [0.15, 0.2) is 66.7 Å². The SMILES string of the molecule is CN(C)c1ccc(/C=C/C=C/c2ccccc2)cc1. The van der Waals surface area contributed by atoms with Gasteiger partial charge in [0.1, 0.15) is 0 Å². The van der Waals surface area contributed by atoms with Gasteiger partial charge in [-0.3, -0.25) is 0 Å². The van der Waals surface area contributed by atoms with Crippen LogP contribution in [0.5, 0.6) is 0 Å². The molecule has 1 heteroatoms. The maximum absolute atomic E-state index is 2.13. The van der Waals surface area contributed by atoms with E-state index in [9.17, 15) is 0 Å². The molecule has 96 valence electrons. The predicted octanol–water partition coefficient (Wildman–Crippen LogP) is 4.48. The van der Waals surface area contributed by atoms with Crippen LogP contribution >= 0.6 is 0 Å². The van der Waals surface area contributed by atoms with E-state index in [0.717, 1.165) is 0 Å². The number of hydrogen-bond acceptors (Lipinski definition) is 1. The van der Waals surface area contributed by atoms with Gasteiger partial charge in [0.25, 0.3) is 0 Å². The van der Waals surface area contributed by atoms with Gasteiger partial charge in [-0.1, -0.05) is 66.8 Å². The summed E-state index contributed by atoms with van der Waals surface area (Å²) in [6, 6.07) is 18.8. The van der Waals surface area contributed by atoms with E-state index in [1.165, 1.54) is 16.8 Å². The fourth-order valence-corrected chi connectivity index (χ4v) is 1.78. The third-order valence-corrected chi connectivity index (χ3v) is 2.90. The van der Waals surface area contributed by atoms with Crippen LogP contribution in [0.3, 0.4) is 0 Å². The topological polar surface area (TPSA) is 3.24 Å². The minimum absolute atomic E-state index is 1.21. The van der Waals surface area contributed by atoms with Crippen LogP contribution in [0.25, 0.3) is 12.2 Å². The quantitative estimate of drug-likeness (QED) is 0.722. The van der Waals surface area contributed by atoms with Crippen LogP contribution in [-0.4, -0.2) is 14.1 Å². The Morgan fingerprint density at radius 1 is 0.684 bits per heavy atom. The van der Waals surface area contributed by atoms with E-state index in [-0.39, 0.29) is 0 Å². The fraction of sp³-hybridized carbons (Fsp3) is 0.111. The van der Waals surface area contributed by atoms with Gasteiger partial charge >= 0.3 is 0 Å². The lowest BCUT2D eigenvalue weighted by molar-refractivity contribution is 1.13. The Kier molecular flexibility index (Phi) is 4.57. The summed E-state index contributed by atoms with van der Waals surface area (Å²) < 4.78 is 0. The lowest BCUT2D eigenvalue weighted by Crippen LogP contribution is -2.07. The highest BCUT2D eigenvalue weighted by Gasteiger charge is 1.92. The van der Waals surface area contributed by atoms with Crippen LogP contribution in [0, 0.1) is 0 Å². The molecule has 0 aliphatic carbocycles. The van der Waals surface area contributed by atoms with Gasteiger partial charge in [-0.25, -0.2) is 0 Å². The van der Waals surface area contributed by atoms with E-state index in [1.54, 1.807) is 0 Å². The first-order valence-electron chi connectivity index (χ1n) is 6.43. The zero-order valence-electron chi connectivity index (χ0n) is 11.5. The molecule has 0 N–H and O–H groups in total. The van der Waals surface area contributed by atoms with Crippen LogP contribution in [0.2, 0.25) is 0 Å². The Morgan fingerprint density at radius 3 is 1.74 bits per heavy atom. The molecule has 1 nitrogen and oxygen atoms in total. The van der Waals surface area contributed by atoms with Gasteiger partial charge in [-0.2, -0.15) is 0 Å². The summed E-state index contributed by atoms with van der Waals surface area (Å²) in [5.74, 6) is 0. The number of nitrogens with zero attached hydrogens (tertiary/aromatic N) is 1. The van der Waals surface area contributed by atoms with Crippen molar-refractivity contribution in [1.82, 2.24) is 0 Å². The van der Waals surface area contributed by atoms with Crippen LogP contribution in [0.4, 0.5) is 5.69 Å². The first kappa shape index (κ1) is 13.2. The van der Waals surface area contributed by atoms with E-state index in [2.05, 4.69) is 65.6 Å². The molecule has 0 atom stereocenters. The third-order valence-electron chi connectivity index (χ3n) is 2.90. The minimum Gasteiger partial charge on any atom is -0.378 e. The summed E-state index contributed by atoms with van der Waals surface area (Å²) in [5.41, 5.74) is 3.65. The van der Waals surface area contributed by atoms with Gasteiger partial charge in [0, 0.05) is 19.8 Å². The number of benzene rings is 2. The molecule has 2 rings (SSSR count). The van der Waals surface area contributed by atoms with Crippen molar-refractivity contribution in [3.8, 4) is 0 Å². The van der Waals surface area contributed by atoms with Gasteiger partial charge in [-0.05, 0) is 23.3 Å². The van der Waals surface area contributed by atoms with Crippen molar-refractivity contribution in [2.45, 2.75) is 0 Å². The maximum Gasteiger partial charge on any atom is 0.0361 e. The van der Waals surface area contributed by atoms with Crippen molar-refractivity contribution in [3.05, 3.63) is 77.9 Å². The van der Waals surface area contributed by atoms with Gasteiger partial charge in [0.05, 0.1) is 0 Å². The van der Waals surface area contributed by atoms with Crippen LogP contribution < -0.4 is 4.90 Å². The molecule has 0 saturated heterocycles. The Labute approximate surface area is 115 Å². The van der Waals surface area contributed by atoms with Crippen molar-refractivity contribution in [2.24, 2.45) is 0 Å². The molecular weight excluding hydrogens is 230 g/mol. The van der Waals surface area contributed by atoms with Crippen LogP contribution in [0.1, 0.15) is 11.1 Å². The second kappa shape index (κ2) is 6.60.